The van der Waals surface area contributed by atoms with Gasteiger partial charge in [-0.25, -0.2) is 0 Å². The SMILES string of the molecule is Cc1ccc2c(c1)C(c1ccccc1C)=NCC2. The molecule has 0 saturated heterocycles. The highest BCUT2D eigenvalue weighted by Gasteiger charge is 2.16. The van der Waals surface area contributed by atoms with E-state index in [1.165, 1.54) is 27.8 Å². The van der Waals surface area contributed by atoms with Crippen LogP contribution in [0.1, 0.15) is 27.8 Å². The van der Waals surface area contributed by atoms with Crippen molar-refractivity contribution in [2.45, 2.75) is 20.3 Å². The van der Waals surface area contributed by atoms with Crippen molar-refractivity contribution in [3.8, 4) is 0 Å². The van der Waals surface area contributed by atoms with Crippen LogP contribution in [0.15, 0.2) is 47.5 Å². The summed E-state index contributed by atoms with van der Waals surface area (Å²) in [6, 6.07) is 15.2. The third kappa shape index (κ3) is 1.86. The van der Waals surface area contributed by atoms with E-state index in [9.17, 15) is 0 Å². The van der Waals surface area contributed by atoms with Gasteiger partial charge < -0.3 is 0 Å². The first-order valence-electron chi connectivity index (χ1n) is 6.46. The van der Waals surface area contributed by atoms with Gasteiger partial charge in [0.25, 0.3) is 0 Å². The molecule has 1 heterocycles. The molecular formula is C17H17N. The maximum absolute atomic E-state index is 4.76. The zero-order chi connectivity index (χ0) is 12.5. The maximum atomic E-state index is 4.76. The highest BCUT2D eigenvalue weighted by molar-refractivity contribution is 6.15. The second-order valence-electron chi connectivity index (χ2n) is 4.96. The molecule has 18 heavy (non-hydrogen) atoms. The second kappa shape index (κ2) is 4.41. The van der Waals surface area contributed by atoms with Gasteiger partial charge in [-0.1, -0.05) is 42.0 Å². The summed E-state index contributed by atoms with van der Waals surface area (Å²) >= 11 is 0. The molecular weight excluding hydrogens is 218 g/mol. The molecule has 2 aromatic carbocycles. The van der Waals surface area contributed by atoms with E-state index in [1.54, 1.807) is 0 Å². The van der Waals surface area contributed by atoms with Gasteiger partial charge in [-0.2, -0.15) is 0 Å². The van der Waals surface area contributed by atoms with E-state index in [1.807, 2.05) is 0 Å². The van der Waals surface area contributed by atoms with E-state index in [-0.39, 0.29) is 0 Å². The molecule has 0 fully saturated rings. The van der Waals surface area contributed by atoms with Gasteiger partial charge in [0.05, 0.1) is 5.71 Å². The Hall–Kier alpha value is -1.89. The van der Waals surface area contributed by atoms with Crippen LogP contribution in [0.3, 0.4) is 0 Å². The van der Waals surface area contributed by atoms with Gasteiger partial charge >= 0.3 is 0 Å². The monoisotopic (exact) mass is 235 g/mol. The van der Waals surface area contributed by atoms with E-state index in [4.69, 9.17) is 4.99 Å². The Labute approximate surface area is 108 Å². The first-order valence-corrected chi connectivity index (χ1v) is 6.46. The molecule has 0 saturated carbocycles. The van der Waals surface area contributed by atoms with E-state index in [0.717, 1.165) is 18.7 Å². The van der Waals surface area contributed by atoms with Crippen LogP contribution in [-0.2, 0) is 6.42 Å². The summed E-state index contributed by atoms with van der Waals surface area (Å²) < 4.78 is 0. The lowest BCUT2D eigenvalue weighted by Gasteiger charge is -2.19. The predicted octanol–water partition coefficient (Wildman–Crippen LogP) is 3.70. The topological polar surface area (TPSA) is 12.4 Å². The Bertz CT molecular complexity index is 623. The Morgan fingerprint density at radius 2 is 1.78 bits per heavy atom. The fraction of sp³-hybridized carbons (Fsp3) is 0.235. The minimum Gasteiger partial charge on any atom is -0.284 e. The molecule has 0 aliphatic carbocycles. The summed E-state index contributed by atoms with van der Waals surface area (Å²) in [5.74, 6) is 0. The molecule has 0 atom stereocenters. The number of fused-ring (bicyclic) bond motifs is 1. The van der Waals surface area contributed by atoms with Crippen LogP contribution < -0.4 is 0 Å². The van der Waals surface area contributed by atoms with Crippen molar-refractivity contribution >= 4 is 5.71 Å². The number of hydrogen-bond acceptors (Lipinski definition) is 1. The normalized spacial score (nSPS) is 14.0. The summed E-state index contributed by atoms with van der Waals surface area (Å²) in [5.41, 5.74) is 7.77. The van der Waals surface area contributed by atoms with E-state index >= 15 is 0 Å². The third-order valence-corrected chi connectivity index (χ3v) is 3.57. The summed E-state index contributed by atoms with van der Waals surface area (Å²) in [6.07, 6.45) is 1.06. The minimum absolute atomic E-state index is 0.903. The number of aliphatic imine (C=N–C) groups is 1. The molecule has 1 nitrogen and oxygen atoms in total. The molecule has 0 spiro atoms. The summed E-state index contributed by atoms with van der Waals surface area (Å²) in [7, 11) is 0. The van der Waals surface area contributed by atoms with Crippen LogP contribution in [0.2, 0.25) is 0 Å². The van der Waals surface area contributed by atoms with Crippen LogP contribution in [0.25, 0.3) is 0 Å². The molecule has 0 amide bonds. The number of aryl methyl sites for hydroxylation is 2. The lowest BCUT2D eigenvalue weighted by Crippen LogP contribution is -2.15. The minimum atomic E-state index is 0.903. The van der Waals surface area contributed by atoms with Crippen LogP contribution in [-0.4, -0.2) is 12.3 Å². The smallest absolute Gasteiger partial charge is 0.0724 e. The van der Waals surface area contributed by atoms with Gasteiger partial charge in [0.15, 0.2) is 0 Å². The number of rotatable bonds is 1. The number of hydrogen-bond donors (Lipinski definition) is 0. The maximum Gasteiger partial charge on any atom is 0.0724 e. The Kier molecular flexibility index (Phi) is 2.75. The molecule has 90 valence electrons. The van der Waals surface area contributed by atoms with Crippen molar-refractivity contribution in [2.75, 3.05) is 6.54 Å². The Balaban J connectivity index is 2.18. The van der Waals surface area contributed by atoms with Gasteiger partial charge in [-0.05, 0) is 37.5 Å². The largest absolute Gasteiger partial charge is 0.284 e. The number of nitrogens with zero attached hydrogens (tertiary/aromatic N) is 1. The van der Waals surface area contributed by atoms with E-state index in [0.29, 0.717) is 0 Å². The predicted molar refractivity (Wildman–Crippen MR) is 76.6 cm³/mol. The lowest BCUT2D eigenvalue weighted by atomic mass is 9.90. The van der Waals surface area contributed by atoms with Crippen molar-refractivity contribution < 1.29 is 0 Å². The second-order valence-corrected chi connectivity index (χ2v) is 4.96. The molecule has 1 aliphatic heterocycles. The van der Waals surface area contributed by atoms with Gasteiger partial charge in [0.2, 0.25) is 0 Å². The van der Waals surface area contributed by atoms with Crippen molar-refractivity contribution in [3.05, 3.63) is 70.3 Å². The van der Waals surface area contributed by atoms with Crippen LogP contribution in [0, 0.1) is 13.8 Å². The van der Waals surface area contributed by atoms with Crippen LogP contribution in [0.4, 0.5) is 0 Å². The van der Waals surface area contributed by atoms with Gasteiger partial charge in [0.1, 0.15) is 0 Å². The van der Waals surface area contributed by atoms with Crippen LogP contribution in [0.5, 0.6) is 0 Å². The molecule has 0 bridgehead atoms. The summed E-state index contributed by atoms with van der Waals surface area (Å²) in [6.45, 7) is 5.20. The van der Waals surface area contributed by atoms with Crippen molar-refractivity contribution in [1.82, 2.24) is 0 Å². The quantitative estimate of drug-likeness (QED) is 0.714. The van der Waals surface area contributed by atoms with Gasteiger partial charge in [-0.15, -0.1) is 0 Å². The highest BCUT2D eigenvalue weighted by Crippen LogP contribution is 2.23. The molecule has 3 rings (SSSR count). The van der Waals surface area contributed by atoms with Crippen molar-refractivity contribution in [2.24, 2.45) is 4.99 Å². The van der Waals surface area contributed by atoms with Gasteiger partial charge in [0, 0.05) is 17.7 Å². The summed E-state index contributed by atoms with van der Waals surface area (Å²) in [5, 5.41) is 0. The fourth-order valence-corrected chi connectivity index (χ4v) is 2.57. The Morgan fingerprint density at radius 1 is 0.944 bits per heavy atom. The third-order valence-electron chi connectivity index (χ3n) is 3.57. The zero-order valence-electron chi connectivity index (χ0n) is 10.9. The Morgan fingerprint density at radius 3 is 2.61 bits per heavy atom. The van der Waals surface area contributed by atoms with E-state index < -0.39 is 0 Å². The van der Waals surface area contributed by atoms with E-state index in [2.05, 4.69) is 56.3 Å². The van der Waals surface area contributed by atoms with Crippen LogP contribution >= 0.6 is 0 Å². The first kappa shape index (κ1) is 11.2. The molecule has 1 heteroatoms. The summed E-state index contributed by atoms with van der Waals surface area (Å²) in [4.78, 5) is 4.76. The van der Waals surface area contributed by atoms with Gasteiger partial charge in [-0.3, -0.25) is 4.99 Å². The molecule has 0 aromatic heterocycles. The molecule has 2 aromatic rings. The standard InChI is InChI=1S/C17H17N/c1-12-7-8-14-9-10-18-17(16(14)11-12)15-6-4-3-5-13(15)2/h3-8,11H,9-10H2,1-2H3. The van der Waals surface area contributed by atoms with Crippen molar-refractivity contribution in [3.63, 3.8) is 0 Å². The lowest BCUT2D eigenvalue weighted by molar-refractivity contribution is 0.942. The average molecular weight is 235 g/mol. The molecule has 0 radical (unpaired) electrons. The highest BCUT2D eigenvalue weighted by atomic mass is 14.7. The molecule has 1 aliphatic rings. The first-order chi connectivity index (χ1) is 8.75. The molecule has 0 N–H and O–H groups in total. The average Bonchev–Trinajstić information content (AvgIpc) is 2.39. The van der Waals surface area contributed by atoms with Crippen molar-refractivity contribution in [1.29, 1.82) is 0 Å². The number of benzene rings is 2. The molecule has 0 unspecified atom stereocenters. The zero-order valence-corrected chi connectivity index (χ0v) is 10.9. The fourth-order valence-electron chi connectivity index (χ4n) is 2.57.